The van der Waals surface area contributed by atoms with Crippen LogP contribution >= 0.6 is 0 Å². The molecular weight excluding hydrogens is 368 g/mol. The molecule has 0 saturated carbocycles. The Labute approximate surface area is 167 Å². The summed E-state index contributed by atoms with van der Waals surface area (Å²) in [5, 5.41) is 15.6. The lowest BCUT2D eigenvalue weighted by molar-refractivity contribution is -0.137. The fourth-order valence-corrected chi connectivity index (χ4v) is 3.47. The van der Waals surface area contributed by atoms with Crippen LogP contribution in [0.1, 0.15) is 28.0 Å². The van der Waals surface area contributed by atoms with Crippen molar-refractivity contribution in [3.63, 3.8) is 0 Å². The van der Waals surface area contributed by atoms with E-state index in [0.29, 0.717) is 23.2 Å². The smallest absolute Gasteiger partial charge is 0.269 e. The second-order valence-electron chi connectivity index (χ2n) is 7.28. The lowest BCUT2D eigenvalue weighted by atomic mass is 10.0. The summed E-state index contributed by atoms with van der Waals surface area (Å²) in [6.45, 7) is 2.41. The first-order valence-corrected chi connectivity index (χ1v) is 9.19. The minimum Gasteiger partial charge on any atom is -0.369 e. The van der Waals surface area contributed by atoms with Crippen molar-refractivity contribution in [2.45, 2.75) is 18.9 Å². The van der Waals surface area contributed by atoms with Crippen LogP contribution in [0.3, 0.4) is 0 Å². The van der Waals surface area contributed by atoms with E-state index >= 15 is 0 Å². The molecule has 1 aromatic heterocycles. The summed E-state index contributed by atoms with van der Waals surface area (Å²) in [4.78, 5) is 25.4. The number of likely N-dealkylation sites (tertiary alicyclic amines) is 1. The molecule has 1 unspecified atom stereocenters. The molecule has 0 radical (unpaired) electrons. The van der Waals surface area contributed by atoms with Gasteiger partial charge >= 0.3 is 0 Å². The quantitative estimate of drug-likeness (QED) is 0.648. The summed E-state index contributed by atoms with van der Waals surface area (Å²) in [6.07, 6.45) is 0.278. The topological polar surface area (TPSA) is 101 Å². The summed E-state index contributed by atoms with van der Waals surface area (Å²) in [6, 6.07) is 12.9. The van der Waals surface area contributed by atoms with Gasteiger partial charge in [0.25, 0.3) is 11.8 Å². The monoisotopic (exact) mass is 388 g/mol. The minimum absolute atomic E-state index is 0.203. The molecule has 0 aliphatic carbocycles. The zero-order valence-corrected chi connectivity index (χ0v) is 16.1. The van der Waals surface area contributed by atoms with Crippen LogP contribution < -0.4 is 5.73 Å². The third-order valence-electron chi connectivity index (χ3n) is 5.08. The summed E-state index contributed by atoms with van der Waals surface area (Å²) in [5.74, 6) is 4.62. The number of fused-ring (bicyclic) bond motifs is 1. The summed E-state index contributed by atoms with van der Waals surface area (Å²) >= 11 is 0. The van der Waals surface area contributed by atoms with Gasteiger partial charge in [0.05, 0.1) is 11.2 Å². The largest absolute Gasteiger partial charge is 0.369 e. The molecule has 0 spiro atoms. The van der Waals surface area contributed by atoms with E-state index in [1.807, 2.05) is 31.2 Å². The van der Waals surface area contributed by atoms with E-state index in [9.17, 15) is 14.7 Å². The highest BCUT2D eigenvalue weighted by Crippen LogP contribution is 2.24. The lowest BCUT2D eigenvalue weighted by Crippen LogP contribution is -2.37. The van der Waals surface area contributed by atoms with Gasteiger partial charge in [0.2, 0.25) is 5.60 Å². The first-order valence-electron chi connectivity index (χ1n) is 9.19. The molecule has 3 aromatic rings. The Kier molecular flexibility index (Phi) is 4.36. The number of hydrogen-bond acceptors (Lipinski definition) is 4. The van der Waals surface area contributed by atoms with Gasteiger partial charge in [-0.25, -0.2) is 4.68 Å². The van der Waals surface area contributed by atoms with Crippen LogP contribution in [-0.2, 0) is 4.79 Å². The van der Waals surface area contributed by atoms with Crippen LogP contribution in [0.5, 0.6) is 0 Å². The minimum atomic E-state index is -1.65. The highest BCUT2D eigenvalue weighted by atomic mass is 16.3. The predicted molar refractivity (Wildman–Crippen MR) is 108 cm³/mol. The van der Waals surface area contributed by atoms with E-state index in [0.717, 1.165) is 11.1 Å². The highest BCUT2D eigenvalue weighted by molar-refractivity contribution is 6.04. The molecule has 2 amide bonds. The van der Waals surface area contributed by atoms with E-state index in [1.165, 1.54) is 4.90 Å². The van der Waals surface area contributed by atoms with Crippen molar-refractivity contribution in [1.82, 2.24) is 14.7 Å². The van der Waals surface area contributed by atoms with Crippen molar-refractivity contribution in [2.75, 3.05) is 13.6 Å². The Morgan fingerprint density at radius 3 is 2.76 bits per heavy atom. The Morgan fingerprint density at radius 1 is 1.28 bits per heavy atom. The number of benzene rings is 2. The number of primary amides is 1. The number of likely N-dealkylation sites (N-methyl/N-ethyl adjacent to an activating group) is 1. The maximum atomic E-state index is 12.1. The number of aliphatic hydroxyl groups is 1. The first-order chi connectivity index (χ1) is 13.8. The van der Waals surface area contributed by atoms with E-state index < -0.39 is 11.5 Å². The van der Waals surface area contributed by atoms with E-state index in [1.54, 1.807) is 29.9 Å². The molecule has 1 fully saturated rings. The second-order valence-corrected chi connectivity index (χ2v) is 7.28. The summed E-state index contributed by atoms with van der Waals surface area (Å²) in [7, 11) is 1.64. The molecule has 0 bridgehead atoms. The SMILES string of the molecule is Cc1ccc2c(c1)c(C(N)=O)nn2-c1cccc(C#CC2(O)CCN(C)C2=O)c1. The molecule has 2 aromatic carbocycles. The van der Waals surface area contributed by atoms with Crippen LogP contribution in [0.4, 0.5) is 0 Å². The van der Waals surface area contributed by atoms with Crippen LogP contribution in [0.2, 0.25) is 0 Å². The van der Waals surface area contributed by atoms with E-state index in [4.69, 9.17) is 5.73 Å². The van der Waals surface area contributed by atoms with E-state index in [2.05, 4.69) is 16.9 Å². The van der Waals surface area contributed by atoms with Gasteiger partial charge in [-0.05, 0) is 37.3 Å². The molecule has 1 aliphatic heterocycles. The predicted octanol–water partition coefficient (Wildman–Crippen LogP) is 1.38. The zero-order valence-electron chi connectivity index (χ0n) is 16.1. The zero-order chi connectivity index (χ0) is 20.8. The molecule has 7 nitrogen and oxygen atoms in total. The third kappa shape index (κ3) is 3.24. The van der Waals surface area contributed by atoms with Crippen LogP contribution in [0, 0.1) is 18.8 Å². The number of amides is 2. The van der Waals surface area contributed by atoms with Gasteiger partial charge in [-0.2, -0.15) is 5.10 Å². The molecule has 3 N–H and O–H groups in total. The Bertz CT molecular complexity index is 1220. The van der Waals surface area contributed by atoms with Crippen molar-refractivity contribution < 1.29 is 14.7 Å². The van der Waals surface area contributed by atoms with Gasteiger partial charge in [0, 0.05) is 31.0 Å². The second kappa shape index (κ2) is 6.76. The summed E-state index contributed by atoms with van der Waals surface area (Å²) in [5.41, 5.74) is 7.12. The fourth-order valence-electron chi connectivity index (χ4n) is 3.47. The standard InChI is InChI=1S/C22H20N4O3/c1-14-6-7-18-17(12-14)19(20(23)27)24-26(18)16-5-3-4-15(13-16)8-9-22(29)10-11-25(2)21(22)28/h3-7,12-13,29H,10-11H2,1-2H3,(H2,23,27). The number of carbonyl (C=O) groups excluding carboxylic acids is 2. The Hall–Kier alpha value is -3.63. The number of aryl methyl sites for hydroxylation is 1. The number of rotatable bonds is 2. The Balaban J connectivity index is 1.77. The average molecular weight is 388 g/mol. The number of nitrogens with zero attached hydrogens (tertiary/aromatic N) is 3. The average Bonchev–Trinajstić information content (AvgIpc) is 3.20. The van der Waals surface area contributed by atoms with Crippen molar-refractivity contribution >= 4 is 22.7 Å². The van der Waals surface area contributed by atoms with Gasteiger partial charge in [-0.15, -0.1) is 0 Å². The molecule has 7 heteroatoms. The highest BCUT2D eigenvalue weighted by Gasteiger charge is 2.42. The van der Waals surface area contributed by atoms with Crippen LogP contribution in [-0.4, -0.2) is 50.8 Å². The normalized spacial score (nSPS) is 18.7. The maximum Gasteiger partial charge on any atom is 0.269 e. The van der Waals surface area contributed by atoms with Crippen molar-refractivity contribution in [2.24, 2.45) is 5.73 Å². The van der Waals surface area contributed by atoms with Crippen molar-refractivity contribution in [3.8, 4) is 17.5 Å². The van der Waals surface area contributed by atoms with Gasteiger partial charge in [0.15, 0.2) is 5.69 Å². The molecule has 1 saturated heterocycles. The summed E-state index contributed by atoms with van der Waals surface area (Å²) < 4.78 is 1.64. The number of aromatic nitrogens is 2. The number of nitrogens with two attached hydrogens (primary N) is 1. The molecule has 4 rings (SSSR count). The van der Waals surface area contributed by atoms with Gasteiger partial charge < -0.3 is 15.7 Å². The lowest BCUT2D eigenvalue weighted by Gasteiger charge is -2.13. The molecule has 29 heavy (non-hydrogen) atoms. The third-order valence-corrected chi connectivity index (χ3v) is 5.08. The van der Waals surface area contributed by atoms with Gasteiger partial charge in [-0.3, -0.25) is 9.59 Å². The molecule has 146 valence electrons. The van der Waals surface area contributed by atoms with Crippen LogP contribution in [0.25, 0.3) is 16.6 Å². The Morgan fingerprint density at radius 2 is 2.07 bits per heavy atom. The first kappa shape index (κ1) is 18.7. The van der Waals surface area contributed by atoms with Crippen LogP contribution in [0.15, 0.2) is 42.5 Å². The fraction of sp³-hybridized carbons (Fsp3) is 0.227. The van der Waals surface area contributed by atoms with Gasteiger partial charge in [-0.1, -0.05) is 29.5 Å². The van der Waals surface area contributed by atoms with Crippen molar-refractivity contribution in [1.29, 1.82) is 0 Å². The van der Waals surface area contributed by atoms with Crippen molar-refractivity contribution in [3.05, 3.63) is 59.3 Å². The molecule has 1 atom stereocenters. The molecule has 2 heterocycles. The number of carbonyl (C=O) groups is 2. The number of hydrogen-bond donors (Lipinski definition) is 2. The molecule has 1 aliphatic rings. The van der Waals surface area contributed by atoms with E-state index in [-0.39, 0.29) is 18.0 Å². The maximum absolute atomic E-state index is 12.1. The van der Waals surface area contributed by atoms with Gasteiger partial charge in [0.1, 0.15) is 0 Å². The molecular formula is C22H20N4O3.